The van der Waals surface area contributed by atoms with E-state index in [2.05, 4.69) is 58.9 Å². The molecule has 7 heteroatoms. The Morgan fingerprint density at radius 3 is 1.58 bits per heavy atom. The fourth-order valence-electron chi connectivity index (χ4n) is 3.13. The van der Waals surface area contributed by atoms with E-state index in [1.165, 1.54) is 5.56 Å². The Balaban J connectivity index is 2.01. The van der Waals surface area contributed by atoms with Gasteiger partial charge in [0.1, 0.15) is 0 Å². The molecule has 148 valence electrons. The molecule has 1 fully saturated rings. The van der Waals surface area contributed by atoms with E-state index < -0.39 is 16.3 Å². The zero-order chi connectivity index (χ0) is 18.8. The molecular weight excluding hydrogens is 364 g/mol. The number of rotatable bonds is 8. The van der Waals surface area contributed by atoms with Gasteiger partial charge in [0, 0.05) is 74.7 Å². The van der Waals surface area contributed by atoms with E-state index in [-0.39, 0.29) is 0 Å². The predicted octanol–water partition coefficient (Wildman–Crippen LogP) is 2.84. The van der Waals surface area contributed by atoms with Crippen molar-refractivity contribution in [2.45, 2.75) is 20.4 Å². The third-order valence-corrected chi connectivity index (χ3v) is 7.82. The molecule has 0 bridgehead atoms. The first-order valence-corrected chi connectivity index (χ1v) is 13.0. The Hall–Kier alpha value is -0.120. The van der Waals surface area contributed by atoms with Crippen molar-refractivity contribution < 1.29 is 9.79 Å². The van der Waals surface area contributed by atoms with Gasteiger partial charge in [0.05, 0.1) is 0 Å². The molecule has 2 N–H and O–H groups in total. The molecule has 26 heavy (non-hydrogen) atoms. The average molecular weight is 399 g/mol. The largest absolute Gasteiger partial charge is 0.373 e. The van der Waals surface area contributed by atoms with Gasteiger partial charge >= 0.3 is 0 Å². The number of benzene rings is 1. The molecule has 0 spiro atoms. The maximum atomic E-state index is 10.2. The van der Waals surface area contributed by atoms with Crippen molar-refractivity contribution in [2.24, 2.45) is 0 Å². The Morgan fingerprint density at radius 1 is 0.731 bits per heavy atom. The molecule has 5 nitrogen and oxygen atoms in total. The summed E-state index contributed by atoms with van der Waals surface area (Å²) in [7, 11) is -1.77. The zero-order valence-corrected chi connectivity index (χ0v) is 18.1. The normalized spacial score (nSPS) is 20.9. The number of hydrogen-bond donors (Lipinski definition) is 2. The molecule has 0 saturated carbocycles. The van der Waals surface area contributed by atoms with E-state index >= 15 is 0 Å². The zero-order valence-electron chi connectivity index (χ0n) is 16.3. The fourth-order valence-corrected chi connectivity index (χ4v) is 5.02. The molecule has 0 radical (unpaired) electrons. The van der Waals surface area contributed by atoms with E-state index in [1.807, 2.05) is 0 Å². The van der Waals surface area contributed by atoms with Gasteiger partial charge in [0.15, 0.2) is 0 Å². The van der Waals surface area contributed by atoms with Crippen molar-refractivity contribution >= 4 is 16.3 Å². The highest BCUT2D eigenvalue weighted by Crippen LogP contribution is 2.31. The molecule has 1 saturated heterocycles. The van der Waals surface area contributed by atoms with Gasteiger partial charge < -0.3 is 9.79 Å². The van der Waals surface area contributed by atoms with Crippen LogP contribution in [0.2, 0.25) is 0 Å². The van der Waals surface area contributed by atoms with Crippen LogP contribution in [0, 0.1) is 0 Å². The van der Waals surface area contributed by atoms with E-state index in [0.29, 0.717) is 0 Å². The first-order chi connectivity index (χ1) is 12.6. The highest BCUT2D eigenvalue weighted by atomic mass is 31.1. The van der Waals surface area contributed by atoms with Gasteiger partial charge in [-0.25, -0.2) is 0 Å². The first kappa shape index (κ1) is 22.2. The molecule has 1 heterocycles. The van der Waals surface area contributed by atoms with Crippen LogP contribution in [0.5, 0.6) is 0 Å². The van der Waals surface area contributed by atoms with E-state index in [0.717, 1.165) is 70.7 Å². The summed E-state index contributed by atoms with van der Waals surface area (Å²) in [5.74, 6) is 0. The topological polar surface area (TPSA) is 50.2 Å². The highest BCUT2D eigenvalue weighted by Gasteiger charge is 2.19. The van der Waals surface area contributed by atoms with Crippen LogP contribution in [0.4, 0.5) is 0 Å². The molecule has 2 atom stereocenters. The van der Waals surface area contributed by atoms with Gasteiger partial charge in [0.25, 0.3) is 0 Å². The molecule has 0 amide bonds. The molecule has 2 unspecified atom stereocenters. The van der Waals surface area contributed by atoms with Crippen LogP contribution in [-0.4, -0.2) is 88.7 Å². The number of nitrogens with zero attached hydrogens (tertiary/aromatic N) is 3. The first-order valence-electron chi connectivity index (χ1n) is 9.69. The van der Waals surface area contributed by atoms with Crippen LogP contribution in [-0.2, 0) is 6.54 Å². The van der Waals surface area contributed by atoms with Crippen molar-refractivity contribution in [3.8, 4) is 0 Å². The average Bonchev–Trinajstić information content (AvgIpc) is 2.75. The third-order valence-electron chi connectivity index (χ3n) is 4.90. The van der Waals surface area contributed by atoms with Crippen molar-refractivity contribution in [1.29, 1.82) is 0 Å². The molecule has 1 aliphatic rings. The van der Waals surface area contributed by atoms with Crippen molar-refractivity contribution in [3.63, 3.8) is 0 Å². The molecular formula is C19H35N3O2P2. The van der Waals surface area contributed by atoms with Crippen LogP contribution >= 0.6 is 16.3 Å². The Bertz CT molecular complexity index is 471. The SMILES string of the molecule is CCP(O)CN1CCN(Cc2ccccc2)CCN(CP(O)CC)CC1. The van der Waals surface area contributed by atoms with Gasteiger partial charge in [-0.3, -0.25) is 14.7 Å². The van der Waals surface area contributed by atoms with E-state index in [1.54, 1.807) is 0 Å². The van der Waals surface area contributed by atoms with Gasteiger partial charge in [-0.05, 0) is 17.9 Å². The smallest absolute Gasteiger partial charge is 0.0426 e. The monoisotopic (exact) mass is 399 g/mol. The minimum atomic E-state index is -0.883. The Labute approximate surface area is 161 Å². The van der Waals surface area contributed by atoms with Gasteiger partial charge in [-0.2, -0.15) is 0 Å². The van der Waals surface area contributed by atoms with Crippen LogP contribution in [0.15, 0.2) is 30.3 Å². The minimum Gasteiger partial charge on any atom is -0.373 e. The van der Waals surface area contributed by atoms with Gasteiger partial charge in [-0.15, -0.1) is 0 Å². The minimum absolute atomic E-state index is 0.806. The van der Waals surface area contributed by atoms with Gasteiger partial charge in [-0.1, -0.05) is 44.2 Å². The van der Waals surface area contributed by atoms with Crippen molar-refractivity contribution in [3.05, 3.63) is 35.9 Å². The second-order valence-electron chi connectivity index (χ2n) is 6.93. The van der Waals surface area contributed by atoms with Crippen LogP contribution in [0.3, 0.4) is 0 Å². The van der Waals surface area contributed by atoms with E-state index in [4.69, 9.17) is 0 Å². The lowest BCUT2D eigenvalue weighted by Crippen LogP contribution is -2.36. The summed E-state index contributed by atoms with van der Waals surface area (Å²) >= 11 is 0. The van der Waals surface area contributed by atoms with Crippen LogP contribution in [0.1, 0.15) is 19.4 Å². The maximum absolute atomic E-state index is 10.2. The quantitative estimate of drug-likeness (QED) is 0.659. The lowest BCUT2D eigenvalue weighted by atomic mass is 10.2. The van der Waals surface area contributed by atoms with Crippen molar-refractivity contribution in [2.75, 3.05) is 64.2 Å². The van der Waals surface area contributed by atoms with Crippen molar-refractivity contribution in [1.82, 2.24) is 14.7 Å². The molecule has 1 aliphatic heterocycles. The summed E-state index contributed by atoms with van der Waals surface area (Å²) in [5, 5.41) is 0. The second-order valence-corrected chi connectivity index (χ2v) is 10.8. The summed E-state index contributed by atoms with van der Waals surface area (Å²) in [6.07, 6.45) is 3.34. The maximum Gasteiger partial charge on any atom is 0.0426 e. The van der Waals surface area contributed by atoms with Crippen LogP contribution in [0.25, 0.3) is 0 Å². The molecule has 1 aromatic carbocycles. The predicted molar refractivity (Wildman–Crippen MR) is 114 cm³/mol. The lowest BCUT2D eigenvalue weighted by Gasteiger charge is -2.27. The summed E-state index contributed by atoms with van der Waals surface area (Å²) in [4.78, 5) is 27.6. The molecule has 2 rings (SSSR count). The second kappa shape index (κ2) is 12.4. The molecule has 1 aromatic rings. The summed E-state index contributed by atoms with van der Waals surface area (Å²) in [6.45, 7) is 11.1. The van der Waals surface area contributed by atoms with Crippen LogP contribution < -0.4 is 0 Å². The Kier molecular flexibility index (Phi) is 10.5. The lowest BCUT2D eigenvalue weighted by molar-refractivity contribution is 0.223. The molecule has 0 aliphatic carbocycles. The summed E-state index contributed by atoms with van der Waals surface area (Å²) < 4.78 is 0. The Morgan fingerprint density at radius 2 is 1.15 bits per heavy atom. The summed E-state index contributed by atoms with van der Waals surface area (Å²) in [6, 6.07) is 10.6. The fraction of sp³-hybridized carbons (Fsp3) is 0.684. The van der Waals surface area contributed by atoms with Gasteiger partial charge in [0.2, 0.25) is 0 Å². The third kappa shape index (κ3) is 8.27. The summed E-state index contributed by atoms with van der Waals surface area (Å²) in [5.41, 5.74) is 1.35. The standard InChI is InChI=1S/C19H35N3O2P2/c1-3-25(23)17-21-12-10-20(16-19-8-6-5-7-9-19)11-13-22(15-14-21)18-26(24)4-2/h5-9,23-24H,3-4,10-18H2,1-2H3. The highest BCUT2D eigenvalue weighted by molar-refractivity contribution is 7.51. The molecule has 0 aromatic heterocycles. The number of hydrogen-bond acceptors (Lipinski definition) is 5. The van der Waals surface area contributed by atoms with E-state index in [9.17, 15) is 9.79 Å².